The summed E-state index contributed by atoms with van der Waals surface area (Å²) in [6.07, 6.45) is 5.02. The predicted molar refractivity (Wildman–Crippen MR) is 77.7 cm³/mol. The Kier molecular flexibility index (Phi) is 5.41. The van der Waals surface area contributed by atoms with Crippen molar-refractivity contribution in [2.45, 2.75) is 0 Å². The lowest BCUT2D eigenvalue weighted by Crippen LogP contribution is -2.32. The SMILES string of the molecule is CNc1nc(N(CCO)CCOC)nc(-n2ccnc2)n1. The van der Waals surface area contributed by atoms with E-state index in [2.05, 4.69) is 25.3 Å². The number of imidazole rings is 1. The fourth-order valence-electron chi connectivity index (χ4n) is 1.73. The fourth-order valence-corrected chi connectivity index (χ4v) is 1.73. The van der Waals surface area contributed by atoms with Crippen LogP contribution in [0, 0.1) is 0 Å². The van der Waals surface area contributed by atoms with Crippen molar-refractivity contribution in [3.05, 3.63) is 18.7 Å². The van der Waals surface area contributed by atoms with Gasteiger partial charge in [-0.1, -0.05) is 0 Å². The third kappa shape index (κ3) is 3.86. The molecule has 114 valence electrons. The van der Waals surface area contributed by atoms with Gasteiger partial charge >= 0.3 is 0 Å². The van der Waals surface area contributed by atoms with E-state index in [4.69, 9.17) is 4.74 Å². The average molecular weight is 293 g/mol. The largest absolute Gasteiger partial charge is 0.395 e. The molecule has 0 spiro atoms. The van der Waals surface area contributed by atoms with Gasteiger partial charge in [0, 0.05) is 39.6 Å². The number of aliphatic hydroxyl groups excluding tert-OH is 1. The lowest BCUT2D eigenvalue weighted by atomic mass is 10.5. The van der Waals surface area contributed by atoms with E-state index in [1.807, 2.05) is 4.90 Å². The van der Waals surface area contributed by atoms with Gasteiger partial charge in [-0.3, -0.25) is 4.57 Å². The molecule has 0 amide bonds. The van der Waals surface area contributed by atoms with Gasteiger partial charge in [0.2, 0.25) is 17.8 Å². The second kappa shape index (κ2) is 7.50. The van der Waals surface area contributed by atoms with Crippen LogP contribution in [0.2, 0.25) is 0 Å². The zero-order chi connectivity index (χ0) is 15.1. The minimum atomic E-state index is 0.00466. The van der Waals surface area contributed by atoms with Crippen LogP contribution in [0.25, 0.3) is 5.95 Å². The third-order valence-corrected chi connectivity index (χ3v) is 2.79. The maximum absolute atomic E-state index is 9.19. The Bertz CT molecular complexity index is 547. The van der Waals surface area contributed by atoms with Gasteiger partial charge in [-0.2, -0.15) is 15.0 Å². The molecule has 0 aliphatic carbocycles. The highest BCUT2D eigenvalue weighted by atomic mass is 16.5. The first-order valence-corrected chi connectivity index (χ1v) is 6.55. The summed E-state index contributed by atoms with van der Waals surface area (Å²) in [7, 11) is 3.36. The molecular weight excluding hydrogens is 274 g/mol. The Hall–Kier alpha value is -2.26. The van der Waals surface area contributed by atoms with Crippen LogP contribution in [-0.2, 0) is 4.74 Å². The lowest BCUT2D eigenvalue weighted by Gasteiger charge is -2.21. The van der Waals surface area contributed by atoms with Crippen LogP contribution in [-0.4, -0.2) is 70.1 Å². The van der Waals surface area contributed by atoms with Crippen LogP contribution in [0.15, 0.2) is 18.7 Å². The van der Waals surface area contributed by atoms with E-state index < -0.39 is 0 Å². The van der Waals surface area contributed by atoms with Crippen molar-refractivity contribution in [1.82, 2.24) is 24.5 Å². The molecule has 2 N–H and O–H groups in total. The van der Waals surface area contributed by atoms with Crippen LogP contribution >= 0.6 is 0 Å². The molecule has 0 aliphatic rings. The highest BCUT2D eigenvalue weighted by molar-refractivity contribution is 5.39. The Balaban J connectivity index is 2.34. The van der Waals surface area contributed by atoms with Crippen molar-refractivity contribution in [3.63, 3.8) is 0 Å². The summed E-state index contributed by atoms with van der Waals surface area (Å²) >= 11 is 0. The second-order valence-electron chi connectivity index (χ2n) is 4.18. The van der Waals surface area contributed by atoms with Crippen molar-refractivity contribution in [2.24, 2.45) is 0 Å². The molecule has 2 rings (SSSR count). The molecular formula is C12H19N7O2. The number of anilines is 2. The number of aromatic nitrogens is 5. The molecule has 0 saturated carbocycles. The van der Waals surface area contributed by atoms with Crippen molar-refractivity contribution >= 4 is 11.9 Å². The predicted octanol–water partition coefficient (Wildman–Crippen LogP) is -0.456. The Morgan fingerprint density at radius 3 is 2.81 bits per heavy atom. The Morgan fingerprint density at radius 1 is 1.33 bits per heavy atom. The first-order chi connectivity index (χ1) is 10.3. The highest BCUT2D eigenvalue weighted by Crippen LogP contribution is 2.12. The Labute approximate surface area is 122 Å². The molecule has 2 aromatic heterocycles. The molecule has 0 unspecified atom stereocenters. The number of hydrogen-bond acceptors (Lipinski definition) is 8. The summed E-state index contributed by atoms with van der Waals surface area (Å²) in [5.41, 5.74) is 0. The van der Waals surface area contributed by atoms with Crippen LogP contribution in [0.5, 0.6) is 0 Å². The normalized spacial score (nSPS) is 10.6. The summed E-state index contributed by atoms with van der Waals surface area (Å²) in [5, 5.41) is 12.1. The molecule has 0 radical (unpaired) electrons. The van der Waals surface area contributed by atoms with Crippen LogP contribution in [0.3, 0.4) is 0 Å². The van der Waals surface area contributed by atoms with E-state index in [9.17, 15) is 5.11 Å². The fraction of sp³-hybridized carbons (Fsp3) is 0.500. The quantitative estimate of drug-likeness (QED) is 0.674. The van der Waals surface area contributed by atoms with Crippen molar-refractivity contribution in [2.75, 3.05) is 50.7 Å². The van der Waals surface area contributed by atoms with E-state index in [0.717, 1.165) is 0 Å². The van der Waals surface area contributed by atoms with Gasteiger partial charge in [0.15, 0.2) is 0 Å². The summed E-state index contributed by atoms with van der Waals surface area (Å²) in [4.78, 5) is 18.9. The van der Waals surface area contributed by atoms with Gasteiger partial charge in [0.1, 0.15) is 6.33 Å². The molecule has 2 heterocycles. The Morgan fingerprint density at radius 2 is 2.19 bits per heavy atom. The van der Waals surface area contributed by atoms with Crippen molar-refractivity contribution in [1.29, 1.82) is 0 Å². The molecule has 2 aromatic rings. The minimum absolute atomic E-state index is 0.00466. The van der Waals surface area contributed by atoms with E-state index in [1.165, 1.54) is 0 Å². The number of ether oxygens (including phenoxy) is 1. The summed E-state index contributed by atoms with van der Waals surface area (Å²) in [6, 6.07) is 0. The molecule has 0 aliphatic heterocycles. The summed E-state index contributed by atoms with van der Waals surface area (Å²) in [5.74, 6) is 1.38. The molecule has 0 saturated heterocycles. The van der Waals surface area contributed by atoms with Gasteiger partial charge in [0.25, 0.3) is 0 Å². The van der Waals surface area contributed by atoms with Gasteiger partial charge < -0.3 is 20.1 Å². The zero-order valence-electron chi connectivity index (χ0n) is 12.1. The molecule has 9 heteroatoms. The van der Waals surface area contributed by atoms with E-state index in [0.29, 0.717) is 37.5 Å². The van der Waals surface area contributed by atoms with Gasteiger partial charge in [-0.05, 0) is 0 Å². The number of aliphatic hydroxyl groups is 1. The maximum atomic E-state index is 9.19. The standard InChI is InChI=1S/C12H19N7O2/c1-13-10-15-11(18(5-7-20)6-8-21-2)17-12(16-10)19-4-3-14-9-19/h3-4,9,20H,5-8H2,1-2H3,(H,13,15,16,17). The van der Waals surface area contributed by atoms with Gasteiger partial charge in [-0.25, -0.2) is 4.98 Å². The van der Waals surface area contributed by atoms with E-state index in [-0.39, 0.29) is 6.61 Å². The number of nitrogens with zero attached hydrogens (tertiary/aromatic N) is 6. The number of methoxy groups -OCH3 is 1. The molecule has 0 fully saturated rings. The molecule has 0 bridgehead atoms. The highest BCUT2D eigenvalue weighted by Gasteiger charge is 2.13. The first-order valence-electron chi connectivity index (χ1n) is 6.55. The smallest absolute Gasteiger partial charge is 0.241 e. The molecule has 21 heavy (non-hydrogen) atoms. The number of hydrogen-bond donors (Lipinski definition) is 2. The lowest BCUT2D eigenvalue weighted by molar-refractivity contribution is 0.202. The topological polar surface area (TPSA) is 101 Å². The number of rotatable bonds is 8. The van der Waals surface area contributed by atoms with E-state index >= 15 is 0 Å². The monoisotopic (exact) mass is 293 g/mol. The minimum Gasteiger partial charge on any atom is -0.395 e. The first kappa shape index (κ1) is 15.1. The zero-order valence-corrected chi connectivity index (χ0v) is 12.1. The van der Waals surface area contributed by atoms with Crippen LogP contribution in [0.1, 0.15) is 0 Å². The van der Waals surface area contributed by atoms with Gasteiger partial charge in [0.05, 0.1) is 13.2 Å². The molecule has 9 nitrogen and oxygen atoms in total. The van der Waals surface area contributed by atoms with Crippen molar-refractivity contribution < 1.29 is 9.84 Å². The number of nitrogens with one attached hydrogen (secondary N) is 1. The maximum Gasteiger partial charge on any atom is 0.241 e. The average Bonchev–Trinajstić information content (AvgIpc) is 3.05. The van der Waals surface area contributed by atoms with Crippen LogP contribution in [0.4, 0.5) is 11.9 Å². The second-order valence-corrected chi connectivity index (χ2v) is 4.18. The van der Waals surface area contributed by atoms with Crippen LogP contribution < -0.4 is 10.2 Å². The third-order valence-electron chi connectivity index (χ3n) is 2.79. The van der Waals surface area contributed by atoms with Gasteiger partial charge in [-0.15, -0.1) is 0 Å². The summed E-state index contributed by atoms with van der Waals surface area (Å²) < 4.78 is 6.77. The molecule has 0 aromatic carbocycles. The molecule has 0 atom stereocenters. The van der Waals surface area contributed by atoms with Crippen molar-refractivity contribution in [3.8, 4) is 5.95 Å². The van der Waals surface area contributed by atoms with E-state index in [1.54, 1.807) is 37.4 Å². The summed E-state index contributed by atoms with van der Waals surface area (Å²) in [6.45, 7) is 1.51.